The smallest absolute Gasteiger partial charge is 0.387 e. The quantitative estimate of drug-likeness (QED) is 0.722. The first-order chi connectivity index (χ1) is 12.9. The number of hydrogen-bond donors (Lipinski definition) is 2. The number of aryl methyl sites for hydroxylation is 1. The van der Waals surface area contributed by atoms with E-state index in [0.717, 1.165) is 23.3 Å². The zero-order valence-electron chi connectivity index (χ0n) is 15.2. The lowest BCUT2D eigenvalue weighted by Crippen LogP contribution is -2.43. The molecule has 3 N–H and O–H groups in total. The van der Waals surface area contributed by atoms with Crippen LogP contribution < -0.4 is 15.8 Å². The van der Waals surface area contributed by atoms with E-state index in [0.29, 0.717) is 24.0 Å². The van der Waals surface area contributed by atoms with Gasteiger partial charge in [0, 0.05) is 23.7 Å². The number of ether oxygens (including phenoxy) is 2. The molecule has 1 saturated heterocycles. The molecule has 3 rings (SSSR count). The van der Waals surface area contributed by atoms with Crippen LogP contribution in [0.4, 0.5) is 13.9 Å². The van der Waals surface area contributed by atoms with Gasteiger partial charge >= 0.3 is 6.61 Å². The van der Waals surface area contributed by atoms with E-state index < -0.39 is 12.7 Å². The number of amides is 1. The van der Waals surface area contributed by atoms with Gasteiger partial charge in [0.25, 0.3) is 0 Å². The number of benzene rings is 1. The molecule has 1 aliphatic rings. The zero-order valence-corrected chi connectivity index (χ0v) is 16.8. The van der Waals surface area contributed by atoms with E-state index in [1.807, 2.05) is 6.92 Å². The summed E-state index contributed by atoms with van der Waals surface area (Å²) in [7, 11) is 0. The number of alkyl halides is 2. The largest absolute Gasteiger partial charge is 0.435 e. The fraction of sp³-hybridized carbons (Fsp3) is 0.444. The number of nitrogens with two attached hydrogens (primary N) is 1. The SMILES string of the molecule is Cc1sc(NC(=O)C(N)C2CCOCC2)nc1-c1ccc(OC(F)F)cc1.Cl. The second-order valence-corrected chi connectivity index (χ2v) is 7.49. The molecule has 1 fully saturated rings. The molecule has 2 aromatic rings. The third-order valence-electron chi connectivity index (χ3n) is 4.46. The van der Waals surface area contributed by atoms with E-state index in [9.17, 15) is 13.6 Å². The summed E-state index contributed by atoms with van der Waals surface area (Å²) in [4.78, 5) is 17.8. The van der Waals surface area contributed by atoms with Gasteiger partial charge in [-0.3, -0.25) is 4.79 Å². The van der Waals surface area contributed by atoms with E-state index in [1.165, 1.54) is 23.5 Å². The van der Waals surface area contributed by atoms with Crippen molar-refractivity contribution in [2.24, 2.45) is 11.7 Å². The Morgan fingerprint density at radius 3 is 2.57 bits per heavy atom. The van der Waals surface area contributed by atoms with Crippen molar-refractivity contribution in [2.45, 2.75) is 32.4 Å². The Morgan fingerprint density at radius 1 is 1.32 bits per heavy atom. The van der Waals surface area contributed by atoms with Gasteiger partial charge in [-0.2, -0.15) is 8.78 Å². The predicted molar refractivity (Wildman–Crippen MR) is 106 cm³/mol. The Hall–Kier alpha value is -1.81. The molecule has 154 valence electrons. The molecule has 0 aliphatic carbocycles. The van der Waals surface area contributed by atoms with E-state index in [1.54, 1.807) is 12.1 Å². The van der Waals surface area contributed by atoms with Crippen LogP contribution in [0.5, 0.6) is 5.75 Å². The monoisotopic (exact) mass is 433 g/mol. The lowest BCUT2D eigenvalue weighted by atomic mass is 9.92. The summed E-state index contributed by atoms with van der Waals surface area (Å²) in [5.41, 5.74) is 7.52. The van der Waals surface area contributed by atoms with Crippen molar-refractivity contribution >= 4 is 34.8 Å². The number of aromatic nitrogens is 1. The molecule has 6 nitrogen and oxygen atoms in total. The first kappa shape index (κ1) is 22.5. The Morgan fingerprint density at radius 2 is 1.96 bits per heavy atom. The molecule has 1 aliphatic heterocycles. The van der Waals surface area contributed by atoms with Crippen LogP contribution in [0.2, 0.25) is 0 Å². The van der Waals surface area contributed by atoms with Gasteiger partial charge in [-0.25, -0.2) is 4.98 Å². The highest BCUT2D eigenvalue weighted by molar-refractivity contribution is 7.16. The second-order valence-electron chi connectivity index (χ2n) is 6.29. The van der Waals surface area contributed by atoms with Crippen LogP contribution in [0, 0.1) is 12.8 Å². The van der Waals surface area contributed by atoms with Crippen molar-refractivity contribution in [2.75, 3.05) is 18.5 Å². The van der Waals surface area contributed by atoms with Gasteiger partial charge in [-0.15, -0.1) is 23.7 Å². The van der Waals surface area contributed by atoms with Crippen LogP contribution in [0.15, 0.2) is 24.3 Å². The van der Waals surface area contributed by atoms with E-state index in [4.69, 9.17) is 10.5 Å². The summed E-state index contributed by atoms with van der Waals surface area (Å²) in [5, 5.41) is 3.25. The van der Waals surface area contributed by atoms with Crippen molar-refractivity contribution in [3.8, 4) is 17.0 Å². The molecular formula is C18H22ClF2N3O3S. The van der Waals surface area contributed by atoms with Crippen LogP contribution in [0.25, 0.3) is 11.3 Å². The molecular weight excluding hydrogens is 412 g/mol. The molecule has 1 amide bonds. The molecule has 1 aromatic heterocycles. The van der Waals surface area contributed by atoms with Crippen LogP contribution in [-0.2, 0) is 9.53 Å². The molecule has 1 unspecified atom stereocenters. The minimum absolute atomic E-state index is 0. The van der Waals surface area contributed by atoms with E-state index in [2.05, 4.69) is 15.0 Å². The van der Waals surface area contributed by atoms with Crippen LogP contribution in [0.3, 0.4) is 0 Å². The van der Waals surface area contributed by atoms with Crippen molar-refractivity contribution in [3.63, 3.8) is 0 Å². The molecule has 1 aromatic carbocycles. The summed E-state index contributed by atoms with van der Waals surface area (Å²) in [6.07, 6.45) is 1.54. The third-order valence-corrected chi connectivity index (χ3v) is 5.34. The van der Waals surface area contributed by atoms with Gasteiger partial charge in [-0.1, -0.05) is 0 Å². The molecule has 1 atom stereocenters. The number of thiazole rings is 1. The minimum Gasteiger partial charge on any atom is -0.435 e. The second kappa shape index (κ2) is 10.1. The Kier molecular flexibility index (Phi) is 8.11. The highest BCUT2D eigenvalue weighted by Crippen LogP contribution is 2.32. The van der Waals surface area contributed by atoms with E-state index in [-0.39, 0.29) is 30.0 Å². The van der Waals surface area contributed by atoms with Gasteiger partial charge in [0.05, 0.1) is 11.7 Å². The first-order valence-electron chi connectivity index (χ1n) is 8.61. The minimum atomic E-state index is -2.86. The van der Waals surface area contributed by atoms with Gasteiger partial charge < -0.3 is 20.5 Å². The van der Waals surface area contributed by atoms with Gasteiger partial charge in [0.2, 0.25) is 5.91 Å². The van der Waals surface area contributed by atoms with Crippen molar-refractivity contribution < 1.29 is 23.0 Å². The average Bonchev–Trinajstić information content (AvgIpc) is 3.02. The number of nitrogens with zero attached hydrogens (tertiary/aromatic N) is 1. The number of carbonyl (C=O) groups is 1. The maximum atomic E-state index is 12.4. The summed E-state index contributed by atoms with van der Waals surface area (Å²) in [6.45, 7) is 0.262. The molecule has 28 heavy (non-hydrogen) atoms. The van der Waals surface area contributed by atoms with Crippen molar-refractivity contribution in [1.82, 2.24) is 4.98 Å². The highest BCUT2D eigenvalue weighted by atomic mass is 35.5. The maximum Gasteiger partial charge on any atom is 0.387 e. The zero-order chi connectivity index (χ0) is 19.4. The standard InChI is InChI=1S/C18H21F2N3O3S.ClH/c1-10-15(12-2-4-13(5-3-12)26-17(19)20)22-18(27-10)23-16(24)14(21)11-6-8-25-9-7-11;/h2-5,11,14,17H,6-9,21H2,1H3,(H,22,23,24);1H. The molecule has 0 bridgehead atoms. The predicted octanol–water partition coefficient (Wildman–Crippen LogP) is 3.83. The summed E-state index contributed by atoms with van der Waals surface area (Å²) >= 11 is 1.34. The lowest BCUT2D eigenvalue weighted by molar-refractivity contribution is -0.119. The van der Waals surface area contributed by atoms with Gasteiger partial charge in [0.1, 0.15) is 5.75 Å². The number of nitrogens with one attached hydrogen (secondary N) is 1. The number of rotatable bonds is 6. The van der Waals surface area contributed by atoms with E-state index >= 15 is 0 Å². The Labute approximate surface area is 171 Å². The summed E-state index contributed by atoms with van der Waals surface area (Å²) in [6, 6.07) is 5.62. The number of anilines is 1. The van der Waals surface area contributed by atoms with Crippen LogP contribution >= 0.6 is 23.7 Å². The average molecular weight is 434 g/mol. The molecule has 2 heterocycles. The number of halogens is 3. The van der Waals surface area contributed by atoms with Crippen molar-refractivity contribution in [3.05, 3.63) is 29.1 Å². The normalized spacial score (nSPS) is 15.8. The maximum absolute atomic E-state index is 12.4. The van der Waals surface area contributed by atoms with Crippen molar-refractivity contribution in [1.29, 1.82) is 0 Å². The fourth-order valence-corrected chi connectivity index (χ4v) is 3.83. The van der Waals surface area contributed by atoms with Crippen LogP contribution in [0.1, 0.15) is 17.7 Å². The summed E-state index contributed by atoms with van der Waals surface area (Å²) < 4.78 is 34.1. The Bertz CT molecular complexity index is 783. The molecule has 0 radical (unpaired) electrons. The topological polar surface area (TPSA) is 86.5 Å². The van der Waals surface area contributed by atoms with Gasteiger partial charge in [-0.05, 0) is 49.9 Å². The molecule has 0 saturated carbocycles. The highest BCUT2D eigenvalue weighted by Gasteiger charge is 2.27. The lowest BCUT2D eigenvalue weighted by Gasteiger charge is -2.26. The summed E-state index contributed by atoms with van der Waals surface area (Å²) in [5.74, 6) is -0.0814. The van der Waals surface area contributed by atoms with Crippen LogP contribution in [-0.4, -0.2) is 36.8 Å². The third kappa shape index (κ3) is 5.60. The van der Waals surface area contributed by atoms with Gasteiger partial charge in [0.15, 0.2) is 5.13 Å². The number of hydrogen-bond acceptors (Lipinski definition) is 6. The Balaban J connectivity index is 0.00000280. The number of carbonyl (C=O) groups excluding carboxylic acids is 1. The molecule has 0 spiro atoms. The fourth-order valence-electron chi connectivity index (χ4n) is 2.99. The first-order valence-corrected chi connectivity index (χ1v) is 9.42. The molecule has 10 heteroatoms.